The van der Waals surface area contributed by atoms with Crippen LogP contribution in [0, 0.1) is 0 Å². The van der Waals surface area contributed by atoms with Gasteiger partial charge in [-0.15, -0.1) is 0 Å². The van der Waals surface area contributed by atoms with Crippen LogP contribution in [0.15, 0.2) is 30.3 Å². The van der Waals surface area contributed by atoms with E-state index in [-0.39, 0.29) is 24.6 Å². The number of rotatable bonds is 4. The van der Waals surface area contributed by atoms with E-state index in [4.69, 9.17) is 4.74 Å². The van der Waals surface area contributed by atoms with Crippen LogP contribution in [0.2, 0.25) is 0 Å². The van der Waals surface area contributed by atoms with Gasteiger partial charge in [-0.25, -0.2) is 4.79 Å². The van der Waals surface area contributed by atoms with Gasteiger partial charge in [-0.2, -0.15) is 11.8 Å². The second-order valence-corrected chi connectivity index (χ2v) is 7.20. The monoisotopic (exact) mass is 349 g/mol. The van der Waals surface area contributed by atoms with Crippen molar-refractivity contribution in [3.05, 3.63) is 30.3 Å². The summed E-state index contributed by atoms with van der Waals surface area (Å²) < 4.78 is 5.50. The summed E-state index contributed by atoms with van der Waals surface area (Å²) in [6, 6.07) is 9.35. The standard InChI is InChI=1S/C17H23N3O3S/c21-16(13-23-15-4-2-1-3-5-15)20-7-6-14(12-20)18-17(22)19-8-10-24-11-9-19/h1-5,14H,6-13H2,(H,18,22)/t14-/m0/s1. The molecule has 0 saturated carbocycles. The van der Waals surface area contributed by atoms with Gasteiger partial charge in [0.1, 0.15) is 5.75 Å². The number of amides is 3. The van der Waals surface area contributed by atoms with Gasteiger partial charge < -0.3 is 19.9 Å². The van der Waals surface area contributed by atoms with E-state index in [1.807, 2.05) is 47.0 Å². The summed E-state index contributed by atoms with van der Waals surface area (Å²) in [6.45, 7) is 2.87. The predicted molar refractivity (Wildman–Crippen MR) is 94.4 cm³/mol. The second-order valence-electron chi connectivity index (χ2n) is 5.98. The van der Waals surface area contributed by atoms with Gasteiger partial charge in [-0.3, -0.25) is 4.79 Å². The molecule has 1 aromatic carbocycles. The number of hydrogen-bond acceptors (Lipinski definition) is 4. The van der Waals surface area contributed by atoms with Crippen molar-refractivity contribution in [3.63, 3.8) is 0 Å². The fourth-order valence-corrected chi connectivity index (χ4v) is 3.79. The number of benzene rings is 1. The number of nitrogens with one attached hydrogen (secondary N) is 1. The van der Waals surface area contributed by atoms with Crippen molar-refractivity contribution >= 4 is 23.7 Å². The lowest BCUT2D eigenvalue weighted by Gasteiger charge is -2.28. The predicted octanol–water partition coefficient (Wildman–Crippen LogP) is 1.42. The number of para-hydroxylation sites is 1. The molecule has 1 atom stereocenters. The van der Waals surface area contributed by atoms with Gasteiger partial charge in [0, 0.05) is 43.7 Å². The van der Waals surface area contributed by atoms with E-state index in [9.17, 15) is 9.59 Å². The molecule has 0 aliphatic carbocycles. The Hall–Kier alpha value is -1.89. The Balaban J connectivity index is 1.41. The fraction of sp³-hybridized carbons (Fsp3) is 0.529. The molecule has 7 heteroatoms. The van der Waals surface area contributed by atoms with Gasteiger partial charge in [0.15, 0.2) is 6.61 Å². The Labute approximate surface area is 146 Å². The molecule has 2 fully saturated rings. The molecule has 2 aliphatic rings. The molecular formula is C17H23N3O3S. The first-order valence-electron chi connectivity index (χ1n) is 8.31. The Morgan fingerprint density at radius 2 is 1.88 bits per heavy atom. The SMILES string of the molecule is O=C(COc1ccccc1)N1CC[C@H](NC(=O)N2CCSCC2)C1. The third-order valence-corrected chi connectivity index (χ3v) is 5.21. The van der Waals surface area contributed by atoms with E-state index >= 15 is 0 Å². The van der Waals surface area contributed by atoms with Crippen LogP contribution in [0.25, 0.3) is 0 Å². The fourth-order valence-electron chi connectivity index (χ4n) is 2.89. The highest BCUT2D eigenvalue weighted by Gasteiger charge is 2.29. The topological polar surface area (TPSA) is 61.9 Å². The molecule has 1 aromatic rings. The van der Waals surface area contributed by atoms with E-state index < -0.39 is 0 Å². The average molecular weight is 349 g/mol. The van der Waals surface area contributed by atoms with Crippen molar-refractivity contribution in [1.82, 2.24) is 15.1 Å². The van der Waals surface area contributed by atoms with Gasteiger partial charge in [-0.1, -0.05) is 18.2 Å². The molecular weight excluding hydrogens is 326 g/mol. The third kappa shape index (κ3) is 4.56. The molecule has 3 rings (SSSR count). The van der Waals surface area contributed by atoms with Crippen molar-refractivity contribution in [2.75, 3.05) is 44.3 Å². The lowest BCUT2D eigenvalue weighted by molar-refractivity contribution is -0.132. The van der Waals surface area contributed by atoms with Gasteiger partial charge in [0.25, 0.3) is 5.91 Å². The van der Waals surface area contributed by atoms with E-state index in [1.165, 1.54) is 0 Å². The van der Waals surface area contributed by atoms with E-state index in [0.29, 0.717) is 18.8 Å². The van der Waals surface area contributed by atoms with Crippen LogP contribution < -0.4 is 10.1 Å². The highest BCUT2D eigenvalue weighted by atomic mass is 32.2. The molecule has 0 spiro atoms. The average Bonchev–Trinajstić information content (AvgIpc) is 3.10. The van der Waals surface area contributed by atoms with Gasteiger partial charge in [0.05, 0.1) is 0 Å². The maximum absolute atomic E-state index is 12.2. The first-order chi connectivity index (χ1) is 11.7. The van der Waals surface area contributed by atoms with Crippen molar-refractivity contribution < 1.29 is 14.3 Å². The number of urea groups is 1. The van der Waals surface area contributed by atoms with E-state index in [2.05, 4.69) is 5.32 Å². The zero-order chi connectivity index (χ0) is 16.8. The van der Waals surface area contributed by atoms with Crippen LogP contribution in [0.4, 0.5) is 4.79 Å². The van der Waals surface area contributed by atoms with Gasteiger partial charge in [-0.05, 0) is 18.6 Å². The molecule has 0 aromatic heterocycles. The minimum Gasteiger partial charge on any atom is -0.484 e. The zero-order valence-electron chi connectivity index (χ0n) is 13.6. The molecule has 0 bridgehead atoms. The quantitative estimate of drug-likeness (QED) is 0.893. The summed E-state index contributed by atoms with van der Waals surface area (Å²) in [5.41, 5.74) is 0. The van der Waals surface area contributed by atoms with Crippen LogP contribution in [-0.4, -0.2) is 72.1 Å². The van der Waals surface area contributed by atoms with Crippen LogP contribution in [0.5, 0.6) is 5.75 Å². The van der Waals surface area contributed by atoms with E-state index in [0.717, 1.165) is 31.0 Å². The Bertz CT molecular complexity index is 563. The second kappa shape index (κ2) is 8.28. The third-order valence-electron chi connectivity index (χ3n) is 4.27. The molecule has 0 unspecified atom stereocenters. The molecule has 130 valence electrons. The molecule has 6 nitrogen and oxygen atoms in total. The summed E-state index contributed by atoms with van der Waals surface area (Å²) in [5, 5.41) is 3.05. The van der Waals surface area contributed by atoms with Crippen LogP contribution >= 0.6 is 11.8 Å². The number of carbonyl (C=O) groups is 2. The Morgan fingerprint density at radius 1 is 1.12 bits per heavy atom. The van der Waals surface area contributed by atoms with Crippen LogP contribution in [0.3, 0.4) is 0 Å². The van der Waals surface area contributed by atoms with Crippen molar-refractivity contribution in [3.8, 4) is 5.75 Å². The molecule has 24 heavy (non-hydrogen) atoms. The van der Waals surface area contributed by atoms with Gasteiger partial charge >= 0.3 is 6.03 Å². The maximum Gasteiger partial charge on any atom is 0.317 e. The summed E-state index contributed by atoms with van der Waals surface area (Å²) in [6.07, 6.45) is 0.797. The largest absolute Gasteiger partial charge is 0.484 e. The first-order valence-corrected chi connectivity index (χ1v) is 9.46. The number of hydrogen-bond donors (Lipinski definition) is 1. The van der Waals surface area contributed by atoms with Crippen molar-refractivity contribution in [2.45, 2.75) is 12.5 Å². The lowest BCUT2D eigenvalue weighted by atomic mass is 10.3. The van der Waals surface area contributed by atoms with E-state index in [1.54, 1.807) is 4.90 Å². The number of likely N-dealkylation sites (tertiary alicyclic amines) is 1. The highest BCUT2D eigenvalue weighted by molar-refractivity contribution is 7.99. The van der Waals surface area contributed by atoms with Crippen molar-refractivity contribution in [1.29, 1.82) is 0 Å². The minimum absolute atomic E-state index is 0.00451. The minimum atomic E-state index is -0.0371. The number of carbonyl (C=O) groups excluding carboxylic acids is 2. The zero-order valence-corrected chi connectivity index (χ0v) is 14.5. The molecule has 1 N–H and O–H groups in total. The maximum atomic E-state index is 12.2. The molecule has 2 aliphatic heterocycles. The summed E-state index contributed by atoms with van der Waals surface area (Å²) in [4.78, 5) is 28.1. The number of ether oxygens (including phenoxy) is 1. The van der Waals surface area contributed by atoms with Crippen LogP contribution in [0.1, 0.15) is 6.42 Å². The number of nitrogens with zero attached hydrogens (tertiary/aromatic N) is 2. The summed E-state index contributed by atoms with van der Waals surface area (Å²) in [7, 11) is 0. The Morgan fingerprint density at radius 3 is 2.62 bits per heavy atom. The normalized spacial score (nSPS) is 20.8. The molecule has 0 radical (unpaired) electrons. The summed E-state index contributed by atoms with van der Waals surface area (Å²) in [5.74, 6) is 2.65. The number of thioether (sulfide) groups is 1. The molecule has 2 saturated heterocycles. The lowest BCUT2D eigenvalue weighted by Crippen LogP contribution is -2.48. The molecule has 2 heterocycles. The highest BCUT2D eigenvalue weighted by Crippen LogP contribution is 2.14. The van der Waals surface area contributed by atoms with Crippen molar-refractivity contribution in [2.24, 2.45) is 0 Å². The smallest absolute Gasteiger partial charge is 0.317 e. The van der Waals surface area contributed by atoms with Gasteiger partial charge in [0.2, 0.25) is 0 Å². The first kappa shape index (κ1) is 17.0. The Kier molecular flexibility index (Phi) is 5.85. The summed E-state index contributed by atoms with van der Waals surface area (Å²) >= 11 is 1.88. The van der Waals surface area contributed by atoms with Crippen LogP contribution in [-0.2, 0) is 4.79 Å². The molecule has 3 amide bonds.